The first-order chi connectivity index (χ1) is 10.4. The summed E-state index contributed by atoms with van der Waals surface area (Å²) in [5, 5.41) is 18.2. The number of amides is 1. The van der Waals surface area contributed by atoms with Gasteiger partial charge in [0.2, 0.25) is 5.91 Å². The topological polar surface area (TPSA) is 104 Å². The Morgan fingerprint density at radius 2 is 1.23 bits per heavy atom. The van der Waals surface area contributed by atoms with E-state index in [1.807, 2.05) is 0 Å². The van der Waals surface area contributed by atoms with Crippen molar-refractivity contribution in [2.75, 3.05) is 6.54 Å². The van der Waals surface area contributed by atoms with Gasteiger partial charge in [-0.3, -0.25) is 14.4 Å². The highest BCUT2D eigenvalue weighted by molar-refractivity contribution is 5.80. The number of carboxylic acids is 2. The first kappa shape index (κ1) is 22.7. The fourth-order valence-corrected chi connectivity index (χ4v) is 1.86. The number of aliphatic carboxylic acids is 2. The lowest BCUT2D eigenvalue weighted by atomic mass is 10.1. The third kappa shape index (κ3) is 26.9. The average molecular weight is 317 g/mol. The standard InChI is InChI=1S/C14H27NO3.C2H4O2/c1-2-3-4-5-6-7-8-9-10-11-13(16)15-12-14(17)18;1-2(3)4/h2-12H2,1H3,(H,15,16)(H,17,18);1H3,(H,3,4). The van der Waals surface area contributed by atoms with Crippen molar-refractivity contribution in [1.29, 1.82) is 0 Å². The van der Waals surface area contributed by atoms with Crippen molar-refractivity contribution in [2.24, 2.45) is 0 Å². The van der Waals surface area contributed by atoms with Gasteiger partial charge in [0.05, 0.1) is 0 Å². The minimum absolute atomic E-state index is 0.152. The van der Waals surface area contributed by atoms with Crippen molar-refractivity contribution in [1.82, 2.24) is 5.32 Å². The number of carboxylic acid groups (broad SMARTS) is 2. The van der Waals surface area contributed by atoms with Crippen LogP contribution >= 0.6 is 0 Å². The van der Waals surface area contributed by atoms with Crippen LogP contribution in [0.2, 0.25) is 0 Å². The van der Waals surface area contributed by atoms with Gasteiger partial charge in [-0.15, -0.1) is 0 Å². The molecule has 0 aromatic heterocycles. The zero-order valence-electron chi connectivity index (χ0n) is 13.9. The molecule has 0 saturated carbocycles. The fraction of sp³-hybridized carbons (Fsp3) is 0.812. The molecule has 0 bridgehead atoms. The third-order valence-corrected chi connectivity index (χ3v) is 2.94. The van der Waals surface area contributed by atoms with E-state index in [1.165, 1.54) is 44.9 Å². The smallest absolute Gasteiger partial charge is 0.322 e. The Kier molecular flexibility index (Phi) is 18.0. The van der Waals surface area contributed by atoms with Crippen molar-refractivity contribution < 1.29 is 24.6 Å². The molecular formula is C16H31NO5. The van der Waals surface area contributed by atoms with Crippen LogP contribution in [-0.2, 0) is 14.4 Å². The highest BCUT2D eigenvalue weighted by Crippen LogP contribution is 2.10. The zero-order chi connectivity index (χ0) is 17.2. The van der Waals surface area contributed by atoms with Crippen molar-refractivity contribution >= 4 is 17.8 Å². The van der Waals surface area contributed by atoms with Crippen molar-refractivity contribution in [2.45, 2.75) is 78.1 Å². The Labute approximate surface area is 133 Å². The molecule has 0 spiro atoms. The second kappa shape index (κ2) is 17.5. The summed E-state index contributed by atoms with van der Waals surface area (Å²) in [5.41, 5.74) is 0. The normalized spacial score (nSPS) is 9.55. The minimum Gasteiger partial charge on any atom is -0.481 e. The van der Waals surface area contributed by atoms with Gasteiger partial charge >= 0.3 is 5.97 Å². The number of carbonyl (C=O) groups excluding carboxylic acids is 1. The number of hydrogen-bond donors (Lipinski definition) is 3. The molecule has 0 aromatic carbocycles. The maximum absolute atomic E-state index is 11.2. The van der Waals surface area contributed by atoms with E-state index in [1.54, 1.807) is 0 Å². The van der Waals surface area contributed by atoms with E-state index in [2.05, 4.69) is 12.2 Å². The molecule has 6 heteroatoms. The predicted molar refractivity (Wildman–Crippen MR) is 85.8 cm³/mol. The molecule has 0 rings (SSSR count). The van der Waals surface area contributed by atoms with E-state index in [9.17, 15) is 9.59 Å². The van der Waals surface area contributed by atoms with Crippen LogP contribution in [0.4, 0.5) is 0 Å². The molecule has 0 saturated heterocycles. The van der Waals surface area contributed by atoms with Gasteiger partial charge in [-0.25, -0.2) is 0 Å². The van der Waals surface area contributed by atoms with Crippen LogP contribution in [0.1, 0.15) is 78.1 Å². The van der Waals surface area contributed by atoms with Crippen LogP contribution in [0, 0.1) is 0 Å². The monoisotopic (exact) mass is 317 g/mol. The number of hydrogen-bond acceptors (Lipinski definition) is 3. The summed E-state index contributed by atoms with van der Waals surface area (Å²) in [6, 6.07) is 0. The molecule has 3 N–H and O–H groups in total. The molecule has 0 fully saturated rings. The Morgan fingerprint density at radius 1 is 0.818 bits per heavy atom. The second-order valence-electron chi connectivity index (χ2n) is 5.27. The second-order valence-corrected chi connectivity index (χ2v) is 5.27. The molecule has 6 nitrogen and oxygen atoms in total. The van der Waals surface area contributed by atoms with Crippen molar-refractivity contribution in [3.8, 4) is 0 Å². The van der Waals surface area contributed by atoms with E-state index in [0.29, 0.717) is 6.42 Å². The number of carbonyl (C=O) groups is 3. The maximum atomic E-state index is 11.2. The Balaban J connectivity index is 0. The summed E-state index contributed by atoms with van der Waals surface area (Å²) >= 11 is 0. The molecule has 1 amide bonds. The van der Waals surface area contributed by atoms with Gasteiger partial charge in [0.25, 0.3) is 5.97 Å². The van der Waals surface area contributed by atoms with Crippen LogP contribution in [0.5, 0.6) is 0 Å². The lowest BCUT2D eigenvalue weighted by molar-refractivity contribution is -0.138. The summed E-state index contributed by atoms with van der Waals surface area (Å²) in [4.78, 5) is 30.4. The van der Waals surface area contributed by atoms with Crippen LogP contribution < -0.4 is 5.32 Å². The van der Waals surface area contributed by atoms with E-state index < -0.39 is 11.9 Å². The van der Waals surface area contributed by atoms with Gasteiger partial charge in [0, 0.05) is 13.3 Å². The van der Waals surface area contributed by atoms with Crippen LogP contribution in [0.25, 0.3) is 0 Å². The summed E-state index contributed by atoms with van der Waals surface area (Å²) in [5.74, 6) is -1.98. The van der Waals surface area contributed by atoms with Crippen molar-refractivity contribution in [3.63, 3.8) is 0 Å². The fourth-order valence-electron chi connectivity index (χ4n) is 1.86. The molecule has 0 unspecified atom stereocenters. The van der Waals surface area contributed by atoms with Gasteiger partial charge in [-0.1, -0.05) is 58.3 Å². The van der Waals surface area contributed by atoms with Gasteiger partial charge in [-0.2, -0.15) is 0 Å². The zero-order valence-corrected chi connectivity index (χ0v) is 13.9. The minimum atomic E-state index is -0.990. The molecule has 0 aliphatic rings. The molecule has 130 valence electrons. The molecule has 0 aliphatic carbocycles. The van der Waals surface area contributed by atoms with Gasteiger partial charge < -0.3 is 15.5 Å². The third-order valence-electron chi connectivity index (χ3n) is 2.94. The summed E-state index contributed by atoms with van der Waals surface area (Å²) in [7, 11) is 0. The predicted octanol–water partition coefficient (Wildman–Crippen LogP) is 3.20. The Bertz CT molecular complexity index is 301. The highest BCUT2D eigenvalue weighted by atomic mass is 16.4. The number of nitrogens with one attached hydrogen (secondary N) is 1. The maximum Gasteiger partial charge on any atom is 0.322 e. The average Bonchev–Trinajstić information content (AvgIpc) is 2.42. The summed E-state index contributed by atoms with van der Waals surface area (Å²) < 4.78 is 0. The molecular weight excluding hydrogens is 286 g/mol. The van der Waals surface area contributed by atoms with E-state index in [-0.39, 0.29) is 12.5 Å². The Hall–Kier alpha value is -1.59. The lowest BCUT2D eigenvalue weighted by Crippen LogP contribution is -2.28. The van der Waals surface area contributed by atoms with Crippen LogP contribution in [-0.4, -0.2) is 34.6 Å². The number of unbranched alkanes of at least 4 members (excludes halogenated alkanes) is 8. The Morgan fingerprint density at radius 3 is 1.64 bits per heavy atom. The van der Waals surface area contributed by atoms with Gasteiger partial charge in [0.1, 0.15) is 6.54 Å². The molecule has 22 heavy (non-hydrogen) atoms. The molecule has 0 heterocycles. The lowest BCUT2D eigenvalue weighted by Gasteiger charge is -2.03. The van der Waals surface area contributed by atoms with Gasteiger partial charge in [-0.05, 0) is 6.42 Å². The van der Waals surface area contributed by atoms with Crippen LogP contribution in [0.3, 0.4) is 0 Å². The molecule has 0 aromatic rings. The van der Waals surface area contributed by atoms with Gasteiger partial charge in [0.15, 0.2) is 0 Å². The molecule has 0 aliphatic heterocycles. The quantitative estimate of drug-likeness (QED) is 0.479. The van der Waals surface area contributed by atoms with E-state index in [4.69, 9.17) is 15.0 Å². The first-order valence-corrected chi connectivity index (χ1v) is 8.08. The largest absolute Gasteiger partial charge is 0.481 e. The van der Waals surface area contributed by atoms with E-state index >= 15 is 0 Å². The van der Waals surface area contributed by atoms with E-state index in [0.717, 1.165) is 19.8 Å². The number of rotatable bonds is 12. The first-order valence-electron chi connectivity index (χ1n) is 8.08. The molecule has 0 radical (unpaired) electrons. The van der Waals surface area contributed by atoms with Crippen molar-refractivity contribution in [3.05, 3.63) is 0 Å². The SMILES string of the molecule is CC(=O)O.CCCCCCCCCCCC(=O)NCC(=O)O. The van der Waals surface area contributed by atoms with Crippen LogP contribution in [0.15, 0.2) is 0 Å². The highest BCUT2D eigenvalue weighted by Gasteiger charge is 2.02. The molecule has 0 atom stereocenters. The summed E-state index contributed by atoms with van der Waals surface area (Å²) in [6.45, 7) is 3.03. The summed E-state index contributed by atoms with van der Waals surface area (Å²) in [6.07, 6.45) is 11.4.